The molecule has 0 atom stereocenters. The third-order valence-corrected chi connectivity index (χ3v) is 0.640. The number of nitrogens with one attached hydrogen (secondary N) is 1. The lowest BCUT2D eigenvalue weighted by Crippen LogP contribution is -2.27. The predicted molar refractivity (Wildman–Crippen MR) is 39.8 cm³/mol. The zero-order valence-electron chi connectivity index (χ0n) is 5.54. The molecule has 3 heteroatoms. The quantitative estimate of drug-likeness (QED) is 0.341. The molecule has 0 aromatic rings. The second-order valence-corrected chi connectivity index (χ2v) is 1.39. The van der Waals surface area contributed by atoms with E-state index in [1.807, 2.05) is 7.05 Å². The first-order valence-electron chi connectivity index (χ1n) is 2.55. The van der Waals surface area contributed by atoms with Crippen molar-refractivity contribution in [1.29, 1.82) is 0 Å². The van der Waals surface area contributed by atoms with Crippen molar-refractivity contribution < 1.29 is 0 Å². The van der Waals surface area contributed by atoms with Gasteiger partial charge < -0.3 is 5.43 Å². The molecule has 0 radical (unpaired) electrons. The van der Waals surface area contributed by atoms with Gasteiger partial charge in [-0.25, -0.2) is 4.99 Å². The van der Waals surface area contributed by atoms with Gasteiger partial charge in [-0.2, -0.15) is 0 Å². The maximum absolute atomic E-state index is 3.74. The highest BCUT2D eigenvalue weighted by Crippen LogP contribution is 1.69. The van der Waals surface area contributed by atoms with Crippen molar-refractivity contribution in [3.63, 3.8) is 0 Å². The number of aliphatic imine (C=N–C) groups is 1. The van der Waals surface area contributed by atoms with Crippen molar-refractivity contribution in [2.24, 2.45) is 4.99 Å². The first kappa shape index (κ1) is 7.75. The highest BCUT2D eigenvalue weighted by Gasteiger charge is 1.78. The number of nitrogens with zero attached hydrogens (tertiary/aromatic N) is 2. The standard InChI is InChI=1S/C6H11N3/c1-4-7-6-9(3)8-5-2/h4-6,8H,1-2H2,3H3. The van der Waals surface area contributed by atoms with Crippen LogP contribution in [-0.2, 0) is 0 Å². The molecule has 0 heterocycles. The molecule has 0 aromatic carbocycles. The van der Waals surface area contributed by atoms with Crippen molar-refractivity contribution in [3.05, 3.63) is 25.6 Å². The van der Waals surface area contributed by atoms with Crippen LogP contribution in [0.3, 0.4) is 0 Å². The van der Waals surface area contributed by atoms with Gasteiger partial charge in [0.1, 0.15) is 6.34 Å². The molecule has 0 rings (SSSR count). The zero-order chi connectivity index (χ0) is 7.11. The summed E-state index contributed by atoms with van der Waals surface area (Å²) in [5.74, 6) is 0. The van der Waals surface area contributed by atoms with Crippen LogP contribution in [0.15, 0.2) is 30.6 Å². The Balaban J connectivity index is 3.47. The Morgan fingerprint density at radius 3 is 2.67 bits per heavy atom. The molecular weight excluding hydrogens is 114 g/mol. The van der Waals surface area contributed by atoms with E-state index < -0.39 is 0 Å². The summed E-state index contributed by atoms with van der Waals surface area (Å²) in [4.78, 5) is 3.74. The van der Waals surface area contributed by atoms with Crippen LogP contribution in [0, 0.1) is 0 Å². The minimum atomic E-state index is 1.46. The summed E-state index contributed by atoms with van der Waals surface area (Å²) in [5.41, 5.74) is 2.78. The Hall–Kier alpha value is -1.25. The van der Waals surface area contributed by atoms with Gasteiger partial charge in [-0.1, -0.05) is 13.2 Å². The average molecular weight is 125 g/mol. The summed E-state index contributed by atoms with van der Waals surface area (Å²) in [6, 6.07) is 0. The molecular formula is C6H11N3. The van der Waals surface area contributed by atoms with Crippen LogP contribution in [0.1, 0.15) is 0 Å². The number of hydrogen-bond acceptors (Lipinski definition) is 2. The molecule has 0 fully saturated rings. The van der Waals surface area contributed by atoms with E-state index in [1.54, 1.807) is 17.5 Å². The summed E-state index contributed by atoms with van der Waals surface area (Å²) in [6.07, 6.45) is 4.62. The Kier molecular flexibility index (Phi) is 4.22. The molecule has 0 aliphatic heterocycles. The molecule has 0 spiro atoms. The third kappa shape index (κ3) is 4.61. The largest absolute Gasteiger partial charge is 0.306 e. The van der Waals surface area contributed by atoms with Crippen molar-refractivity contribution in [2.45, 2.75) is 0 Å². The third-order valence-electron chi connectivity index (χ3n) is 0.640. The molecule has 0 aliphatic rings. The maximum atomic E-state index is 3.74. The van der Waals surface area contributed by atoms with Crippen LogP contribution in [0.4, 0.5) is 0 Å². The van der Waals surface area contributed by atoms with Crippen LogP contribution in [0.5, 0.6) is 0 Å². The molecule has 0 aliphatic carbocycles. The van der Waals surface area contributed by atoms with Crippen molar-refractivity contribution >= 4 is 6.34 Å². The molecule has 0 aromatic heterocycles. The average Bonchev–Trinajstić information content (AvgIpc) is 1.85. The molecule has 0 saturated carbocycles. The van der Waals surface area contributed by atoms with E-state index in [-0.39, 0.29) is 0 Å². The summed E-state index contributed by atoms with van der Waals surface area (Å²) in [7, 11) is 1.81. The molecule has 0 unspecified atom stereocenters. The molecule has 50 valence electrons. The van der Waals surface area contributed by atoms with Gasteiger partial charge >= 0.3 is 0 Å². The van der Waals surface area contributed by atoms with Crippen molar-refractivity contribution in [1.82, 2.24) is 10.4 Å². The van der Waals surface area contributed by atoms with E-state index in [9.17, 15) is 0 Å². The van der Waals surface area contributed by atoms with E-state index in [0.29, 0.717) is 0 Å². The highest BCUT2D eigenvalue weighted by atomic mass is 15.5. The fraction of sp³-hybridized carbons (Fsp3) is 0.167. The van der Waals surface area contributed by atoms with Crippen molar-refractivity contribution in [3.8, 4) is 0 Å². The Morgan fingerprint density at radius 1 is 1.56 bits per heavy atom. The van der Waals surface area contributed by atoms with Gasteiger partial charge in [0.25, 0.3) is 0 Å². The molecule has 1 N–H and O–H groups in total. The fourth-order valence-corrected chi connectivity index (χ4v) is 0.324. The van der Waals surface area contributed by atoms with Crippen LogP contribution in [0.25, 0.3) is 0 Å². The van der Waals surface area contributed by atoms with Gasteiger partial charge in [-0.3, -0.25) is 5.01 Å². The normalized spacial score (nSPS) is 9.00. The molecule has 0 bridgehead atoms. The number of hydrazine groups is 1. The first-order valence-corrected chi connectivity index (χ1v) is 2.55. The number of hydrogen-bond donors (Lipinski definition) is 1. The van der Waals surface area contributed by atoms with E-state index in [1.165, 1.54) is 6.20 Å². The first-order chi connectivity index (χ1) is 4.31. The van der Waals surface area contributed by atoms with Gasteiger partial charge in [0.2, 0.25) is 0 Å². The predicted octanol–water partition coefficient (Wildman–Crippen LogP) is 0.738. The smallest absolute Gasteiger partial charge is 0.109 e. The van der Waals surface area contributed by atoms with Gasteiger partial charge in [0.05, 0.1) is 0 Å². The highest BCUT2D eigenvalue weighted by molar-refractivity contribution is 5.54. The summed E-state index contributed by atoms with van der Waals surface area (Å²) >= 11 is 0. The topological polar surface area (TPSA) is 27.6 Å². The monoisotopic (exact) mass is 125 g/mol. The summed E-state index contributed by atoms with van der Waals surface area (Å²) in [6.45, 7) is 6.88. The number of rotatable bonds is 4. The second-order valence-electron chi connectivity index (χ2n) is 1.39. The van der Waals surface area contributed by atoms with Gasteiger partial charge in [0, 0.05) is 19.4 Å². The lowest BCUT2D eigenvalue weighted by Gasteiger charge is -2.10. The fourth-order valence-electron chi connectivity index (χ4n) is 0.324. The van der Waals surface area contributed by atoms with E-state index in [2.05, 4.69) is 23.6 Å². The van der Waals surface area contributed by atoms with Gasteiger partial charge in [0.15, 0.2) is 0 Å². The Bertz CT molecular complexity index is 117. The van der Waals surface area contributed by atoms with E-state index >= 15 is 0 Å². The van der Waals surface area contributed by atoms with Crippen LogP contribution < -0.4 is 5.43 Å². The molecule has 9 heavy (non-hydrogen) atoms. The van der Waals surface area contributed by atoms with Crippen LogP contribution in [-0.4, -0.2) is 18.4 Å². The lowest BCUT2D eigenvalue weighted by atomic mass is 10.9. The van der Waals surface area contributed by atoms with Crippen LogP contribution in [0.2, 0.25) is 0 Å². The Labute approximate surface area is 55.4 Å². The summed E-state index contributed by atoms with van der Waals surface area (Å²) < 4.78 is 0. The molecule has 3 nitrogen and oxygen atoms in total. The molecule has 0 amide bonds. The summed E-state index contributed by atoms with van der Waals surface area (Å²) in [5, 5.41) is 1.66. The molecule has 0 saturated heterocycles. The SMILES string of the molecule is C=CN=CN(C)NC=C. The minimum Gasteiger partial charge on any atom is -0.306 e. The zero-order valence-corrected chi connectivity index (χ0v) is 5.54. The lowest BCUT2D eigenvalue weighted by molar-refractivity contribution is 0.447. The van der Waals surface area contributed by atoms with E-state index in [0.717, 1.165) is 0 Å². The van der Waals surface area contributed by atoms with Gasteiger partial charge in [-0.05, 0) is 0 Å². The minimum absolute atomic E-state index is 1.46. The van der Waals surface area contributed by atoms with E-state index in [4.69, 9.17) is 0 Å². The second kappa shape index (κ2) is 4.90. The van der Waals surface area contributed by atoms with Crippen LogP contribution >= 0.6 is 0 Å². The van der Waals surface area contributed by atoms with Crippen molar-refractivity contribution in [2.75, 3.05) is 7.05 Å². The Morgan fingerprint density at radius 2 is 2.22 bits per heavy atom. The van der Waals surface area contributed by atoms with Gasteiger partial charge in [-0.15, -0.1) is 0 Å². The maximum Gasteiger partial charge on any atom is 0.109 e.